The van der Waals surface area contributed by atoms with Gasteiger partial charge in [0.2, 0.25) is 0 Å². The quantitative estimate of drug-likeness (QED) is 0.517. The Labute approximate surface area is 156 Å². The third-order valence-corrected chi connectivity index (χ3v) is 3.58. The topological polar surface area (TPSA) is 79.5 Å². The molecule has 2 amide bonds. The van der Waals surface area contributed by atoms with E-state index >= 15 is 0 Å². The summed E-state index contributed by atoms with van der Waals surface area (Å²) in [7, 11) is 0. The number of hydrogen-bond donors (Lipinski definition) is 3. The van der Waals surface area contributed by atoms with Crippen molar-refractivity contribution in [2.45, 2.75) is 0 Å². The third kappa shape index (κ3) is 6.12. The average molecular weight is 426 g/mol. The van der Waals surface area contributed by atoms with Gasteiger partial charge in [-0.3, -0.25) is 25.8 Å². The second-order valence-corrected chi connectivity index (χ2v) is 6.00. The van der Waals surface area contributed by atoms with Crippen molar-refractivity contribution in [1.29, 1.82) is 0 Å². The summed E-state index contributed by atoms with van der Waals surface area (Å²) < 4.78 is 19.6. The maximum atomic E-state index is 13.5. The first kappa shape index (κ1) is 18.8. The highest BCUT2D eigenvalue weighted by molar-refractivity contribution is 9.10. The Morgan fingerprint density at radius 1 is 1.08 bits per heavy atom. The van der Waals surface area contributed by atoms with Gasteiger partial charge in [-0.05, 0) is 48.6 Å². The zero-order valence-electron chi connectivity index (χ0n) is 12.7. The van der Waals surface area contributed by atoms with E-state index in [9.17, 15) is 14.0 Å². The minimum absolute atomic E-state index is 0.156. The summed E-state index contributed by atoms with van der Waals surface area (Å²) in [6.45, 7) is -0.251. The fourth-order valence-corrected chi connectivity index (χ4v) is 2.10. The predicted octanol–water partition coefficient (Wildman–Crippen LogP) is 2.30. The first-order valence-corrected chi connectivity index (χ1v) is 8.19. The summed E-state index contributed by atoms with van der Waals surface area (Å²) in [5.41, 5.74) is 4.44. The van der Waals surface area contributed by atoms with E-state index in [-0.39, 0.29) is 17.3 Å². The molecule has 0 aliphatic carbocycles. The normalized spacial score (nSPS) is 9.84. The van der Waals surface area contributed by atoms with Gasteiger partial charge >= 0.3 is 0 Å². The second kappa shape index (κ2) is 9.09. The van der Waals surface area contributed by atoms with Gasteiger partial charge in [-0.15, -0.1) is 0 Å². The van der Waals surface area contributed by atoms with Crippen molar-refractivity contribution >= 4 is 45.1 Å². The fraction of sp³-hybridized carbons (Fsp3) is 0.0625. The van der Waals surface area contributed by atoms with E-state index in [2.05, 4.69) is 32.1 Å². The molecule has 0 unspecified atom stereocenters. The van der Waals surface area contributed by atoms with E-state index in [1.165, 1.54) is 18.2 Å². The van der Waals surface area contributed by atoms with Gasteiger partial charge in [0, 0.05) is 4.47 Å². The molecule has 2 aromatic carbocycles. The molecule has 2 rings (SSSR count). The SMILES string of the molecule is O=C(COc1ccc(Br)cc1)NNC(=S)NC(=O)c1ccccc1F. The summed E-state index contributed by atoms with van der Waals surface area (Å²) in [6, 6.07) is 12.4. The number of thiocarbonyl (C=S) groups is 1. The Kier molecular flexibility index (Phi) is 6.84. The number of ether oxygens (including phenoxy) is 1. The van der Waals surface area contributed by atoms with Gasteiger partial charge in [0.1, 0.15) is 11.6 Å². The van der Waals surface area contributed by atoms with E-state index < -0.39 is 17.6 Å². The molecule has 0 aromatic heterocycles. The summed E-state index contributed by atoms with van der Waals surface area (Å²) in [5.74, 6) is -1.38. The number of carbonyl (C=O) groups excluding carboxylic acids is 2. The molecule has 0 spiro atoms. The highest BCUT2D eigenvalue weighted by Gasteiger charge is 2.12. The van der Waals surface area contributed by atoms with Crippen molar-refractivity contribution in [3.8, 4) is 5.75 Å². The molecule has 0 fully saturated rings. The van der Waals surface area contributed by atoms with Crippen LogP contribution in [0.1, 0.15) is 10.4 Å². The van der Waals surface area contributed by atoms with Gasteiger partial charge < -0.3 is 4.74 Å². The Hall–Kier alpha value is -2.52. The lowest BCUT2D eigenvalue weighted by atomic mass is 10.2. The molecule has 0 aliphatic rings. The lowest BCUT2D eigenvalue weighted by molar-refractivity contribution is -0.123. The summed E-state index contributed by atoms with van der Waals surface area (Å²) in [6.07, 6.45) is 0. The number of halogens is 2. The standard InChI is InChI=1S/C16H13BrFN3O3S/c17-10-5-7-11(8-6-10)24-9-14(22)20-21-16(25)19-15(23)12-3-1-2-4-13(12)18/h1-8H,9H2,(H,20,22)(H2,19,21,23,25). The lowest BCUT2D eigenvalue weighted by Crippen LogP contribution is -2.49. The third-order valence-electron chi connectivity index (χ3n) is 2.84. The number of nitrogens with one attached hydrogen (secondary N) is 3. The molecule has 0 bridgehead atoms. The predicted molar refractivity (Wildman–Crippen MR) is 97.4 cm³/mol. The van der Waals surface area contributed by atoms with Crippen molar-refractivity contribution < 1.29 is 18.7 Å². The van der Waals surface area contributed by atoms with E-state index in [0.29, 0.717) is 5.75 Å². The molecule has 2 aromatic rings. The first-order chi connectivity index (χ1) is 12.0. The molecular weight excluding hydrogens is 413 g/mol. The second-order valence-electron chi connectivity index (χ2n) is 4.68. The fourth-order valence-electron chi connectivity index (χ4n) is 1.69. The van der Waals surface area contributed by atoms with Crippen LogP contribution in [0, 0.1) is 5.82 Å². The molecule has 0 saturated carbocycles. The van der Waals surface area contributed by atoms with E-state index in [1.54, 1.807) is 24.3 Å². The zero-order valence-corrected chi connectivity index (χ0v) is 15.1. The van der Waals surface area contributed by atoms with Crippen LogP contribution in [0.5, 0.6) is 5.75 Å². The number of hydrogen-bond acceptors (Lipinski definition) is 4. The van der Waals surface area contributed by atoms with Crippen molar-refractivity contribution in [1.82, 2.24) is 16.2 Å². The van der Waals surface area contributed by atoms with Crippen LogP contribution in [-0.2, 0) is 4.79 Å². The van der Waals surface area contributed by atoms with Crippen LogP contribution < -0.4 is 20.9 Å². The molecule has 0 atom stereocenters. The maximum absolute atomic E-state index is 13.5. The van der Waals surface area contributed by atoms with Crippen molar-refractivity contribution in [2.75, 3.05) is 6.61 Å². The lowest BCUT2D eigenvalue weighted by Gasteiger charge is -2.11. The van der Waals surface area contributed by atoms with Gasteiger partial charge in [-0.25, -0.2) is 4.39 Å². The number of rotatable bonds is 4. The number of hydrazine groups is 1. The molecule has 130 valence electrons. The molecule has 3 N–H and O–H groups in total. The van der Waals surface area contributed by atoms with Crippen LogP contribution >= 0.6 is 28.1 Å². The monoisotopic (exact) mass is 425 g/mol. The zero-order chi connectivity index (χ0) is 18.2. The van der Waals surface area contributed by atoms with Crippen LogP contribution in [-0.4, -0.2) is 23.5 Å². The number of carbonyl (C=O) groups is 2. The Balaban J connectivity index is 1.74. The molecule has 0 aliphatic heterocycles. The summed E-state index contributed by atoms with van der Waals surface area (Å²) in [4.78, 5) is 23.5. The van der Waals surface area contributed by atoms with Crippen LogP contribution in [0.3, 0.4) is 0 Å². The highest BCUT2D eigenvalue weighted by atomic mass is 79.9. The van der Waals surface area contributed by atoms with Crippen LogP contribution in [0.25, 0.3) is 0 Å². The summed E-state index contributed by atoms with van der Waals surface area (Å²) in [5, 5.41) is 2.08. The largest absolute Gasteiger partial charge is 0.484 e. The molecule has 0 heterocycles. The number of amides is 2. The minimum atomic E-state index is -0.726. The van der Waals surface area contributed by atoms with Gasteiger partial charge in [0.25, 0.3) is 11.8 Å². The van der Waals surface area contributed by atoms with E-state index in [1.807, 2.05) is 0 Å². The Bertz CT molecular complexity index is 786. The highest BCUT2D eigenvalue weighted by Crippen LogP contribution is 2.15. The number of benzene rings is 2. The van der Waals surface area contributed by atoms with Crippen molar-refractivity contribution in [3.05, 3.63) is 64.4 Å². The Morgan fingerprint density at radius 2 is 1.76 bits per heavy atom. The maximum Gasteiger partial charge on any atom is 0.276 e. The molecule has 25 heavy (non-hydrogen) atoms. The van der Waals surface area contributed by atoms with Crippen molar-refractivity contribution in [3.63, 3.8) is 0 Å². The summed E-state index contributed by atoms with van der Waals surface area (Å²) >= 11 is 8.15. The van der Waals surface area contributed by atoms with Gasteiger partial charge in [-0.2, -0.15) is 0 Å². The van der Waals surface area contributed by atoms with Gasteiger partial charge in [0.15, 0.2) is 11.7 Å². The molecule has 0 saturated heterocycles. The molecule has 0 radical (unpaired) electrons. The van der Waals surface area contributed by atoms with Crippen LogP contribution in [0.2, 0.25) is 0 Å². The average Bonchev–Trinajstić information content (AvgIpc) is 2.59. The van der Waals surface area contributed by atoms with Gasteiger partial charge in [0.05, 0.1) is 5.56 Å². The molecule has 9 heteroatoms. The molecular formula is C16H13BrFN3O3S. The van der Waals surface area contributed by atoms with E-state index in [0.717, 1.165) is 10.5 Å². The molecule has 6 nitrogen and oxygen atoms in total. The van der Waals surface area contributed by atoms with Crippen LogP contribution in [0.4, 0.5) is 4.39 Å². The Morgan fingerprint density at radius 3 is 2.44 bits per heavy atom. The first-order valence-electron chi connectivity index (χ1n) is 6.99. The van der Waals surface area contributed by atoms with Gasteiger partial charge in [-0.1, -0.05) is 28.1 Å². The van der Waals surface area contributed by atoms with Crippen LogP contribution in [0.15, 0.2) is 53.0 Å². The van der Waals surface area contributed by atoms with Crippen molar-refractivity contribution in [2.24, 2.45) is 0 Å². The van der Waals surface area contributed by atoms with E-state index in [4.69, 9.17) is 17.0 Å². The minimum Gasteiger partial charge on any atom is -0.484 e. The smallest absolute Gasteiger partial charge is 0.276 e.